The summed E-state index contributed by atoms with van der Waals surface area (Å²) in [6.07, 6.45) is 1.58. The highest BCUT2D eigenvalue weighted by molar-refractivity contribution is 5.96. The van der Waals surface area contributed by atoms with E-state index in [1.807, 2.05) is 49.4 Å². The lowest BCUT2D eigenvalue weighted by molar-refractivity contribution is 0.340. The van der Waals surface area contributed by atoms with Crippen molar-refractivity contribution in [3.63, 3.8) is 0 Å². The van der Waals surface area contributed by atoms with Gasteiger partial charge in [0.05, 0.1) is 30.5 Å². The van der Waals surface area contributed by atoms with Crippen molar-refractivity contribution in [1.29, 1.82) is 5.26 Å². The molecule has 0 bridgehead atoms. The van der Waals surface area contributed by atoms with Crippen LogP contribution in [0.15, 0.2) is 48.7 Å². The highest BCUT2D eigenvalue weighted by Crippen LogP contribution is 2.31. The Balaban J connectivity index is 0.00000225. The van der Waals surface area contributed by atoms with E-state index in [4.69, 9.17) is 9.47 Å². The van der Waals surface area contributed by atoms with Crippen molar-refractivity contribution >= 4 is 34.7 Å². The van der Waals surface area contributed by atoms with Crippen LogP contribution < -0.4 is 14.8 Å². The largest absolute Gasteiger partial charge is 0.497 e. The third kappa shape index (κ3) is 3.93. The van der Waals surface area contributed by atoms with Gasteiger partial charge in [0.15, 0.2) is 0 Å². The minimum Gasteiger partial charge on any atom is -0.497 e. The van der Waals surface area contributed by atoms with Gasteiger partial charge in [-0.15, -0.1) is 12.4 Å². The Morgan fingerprint density at radius 2 is 1.84 bits per heavy atom. The van der Waals surface area contributed by atoms with Crippen LogP contribution in [0, 0.1) is 11.3 Å². The molecule has 6 heteroatoms. The highest BCUT2D eigenvalue weighted by atomic mass is 35.5. The molecule has 0 amide bonds. The number of fused-ring (bicyclic) bond motifs is 1. The summed E-state index contributed by atoms with van der Waals surface area (Å²) in [5, 5.41) is 13.6. The number of ether oxygens (including phenoxy) is 2. The van der Waals surface area contributed by atoms with Crippen molar-refractivity contribution < 1.29 is 9.47 Å². The van der Waals surface area contributed by atoms with E-state index in [1.165, 1.54) is 0 Å². The fourth-order valence-corrected chi connectivity index (χ4v) is 2.46. The third-order valence-electron chi connectivity index (χ3n) is 3.63. The molecule has 1 heterocycles. The predicted octanol–water partition coefficient (Wildman–Crippen LogP) is 4.68. The van der Waals surface area contributed by atoms with Crippen molar-refractivity contribution in [2.24, 2.45) is 0 Å². The van der Waals surface area contributed by atoms with E-state index >= 15 is 0 Å². The van der Waals surface area contributed by atoms with Crippen molar-refractivity contribution in [3.8, 4) is 17.6 Å². The van der Waals surface area contributed by atoms with Gasteiger partial charge in [-0.3, -0.25) is 4.98 Å². The second-order valence-corrected chi connectivity index (χ2v) is 5.12. The van der Waals surface area contributed by atoms with Gasteiger partial charge in [-0.2, -0.15) is 5.26 Å². The average molecular weight is 356 g/mol. The molecule has 0 saturated heterocycles. The van der Waals surface area contributed by atoms with Gasteiger partial charge in [0.25, 0.3) is 0 Å². The maximum absolute atomic E-state index is 9.42. The van der Waals surface area contributed by atoms with Gasteiger partial charge in [-0.05, 0) is 49.4 Å². The Morgan fingerprint density at radius 3 is 2.48 bits per heavy atom. The number of benzene rings is 2. The Bertz CT molecular complexity index is 905. The minimum atomic E-state index is 0. The summed E-state index contributed by atoms with van der Waals surface area (Å²) in [5.41, 5.74) is 2.85. The van der Waals surface area contributed by atoms with Crippen LogP contribution in [0.3, 0.4) is 0 Å². The number of hydrogen-bond acceptors (Lipinski definition) is 5. The first-order valence-corrected chi connectivity index (χ1v) is 7.62. The molecular formula is C19H18ClN3O2. The Labute approximate surface area is 152 Å². The van der Waals surface area contributed by atoms with Gasteiger partial charge in [0.1, 0.15) is 17.6 Å². The maximum Gasteiger partial charge on any atom is 0.119 e. The second-order valence-electron chi connectivity index (χ2n) is 5.12. The van der Waals surface area contributed by atoms with Crippen LogP contribution in [0.25, 0.3) is 10.9 Å². The molecule has 2 aromatic carbocycles. The Kier molecular flexibility index (Phi) is 6.04. The van der Waals surface area contributed by atoms with Gasteiger partial charge in [-0.25, -0.2) is 0 Å². The SMILES string of the molecule is CCOc1ccc(Nc2c(C#N)cnc3ccc(OC)cc23)cc1.Cl. The Morgan fingerprint density at radius 1 is 1.12 bits per heavy atom. The number of nitrogens with one attached hydrogen (secondary N) is 1. The summed E-state index contributed by atoms with van der Waals surface area (Å²) < 4.78 is 10.7. The molecule has 0 spiro atoms. The lowest BCUT2D eigenvalue weighted by Gasteiger charge is -2.13. The van der Waals surface area contributed by atoms with E-state index in [0.717, 1.165) is 22.3 Å². The van der Waals surface area contributed by atoms with Crippen molar-refractivity contribution in [2.75, 3.05) is 19.0 Å². The maximum atomic E-state index is 9.42. The highest BCUT2D eigenvalue weighted by Gasteiger charge is 2.10. The number of nitriles is 1. The molecule has 0 aliphatic rings. The molecule has 25 heavy (non-hydrogen) atoms. The predicted molar refractivity (Wildman–Crippen MR) is 101 cm³/mol. The van der Waals surface area contributed by atoms with Gasteiger partial charge >= 0.3 is 0 Å². The number of rotatable bonds is 5. The van der Waals surface area contributed by atoms with Crippen LogP contribution in [-0.4, -0.2) is 18.7 Å². The van der Waals surface area contributed by atoms with Crippen molar-refractivity contribution in [3.05, 3.63) is 54.2 Å². The molecule has 0 unspecified atom stereocenters. The fourth-order valence-electron chi connectivity index (χ4n) is 2.46. The standard InChI is InChI=1S/C19H17N3O2.ClH/c1-3-24-15-6-4-14(5-7-15)22-19-13(11-20)12-21-18-9-8-16(23-2)10-17(18)19;/h4-10,12H,3H2,1-2H3,(H,21,22);1H. The van der Waals surface area contributed by atoms with Crippen LogP contribution in [0.4, 0.5) is 11.4 Å². The third-order valence-corrected chi connectivity index (χ3v) is 3.63. The molecular weight excluding hydrogens is 338 g/mol. The monoisotopic (exact) mass is 355 g/mol. The van der Waals surface area contributed by atoms with Gasteiger partial charge in [0.2, 0.25) is 0 Å². The van der Waals surface area contributed by atoms with Crippen molar-refractivity contribution in [1.82, 2.24) is 4.98 Å². The quantitative estimate of drug-likeness (QED) is 0.719. The number of aromatic nitrogens is 1. The summed E-state index contributed by atoms with van der Waals surface area (Å²) >= 11 is 0. The zero-order valence-corrected chi connectivity index (χ0v) is 14.8. The first-order chi connectivity index (χ1) is 11.7. The fraction of sp³-hybridized carbons (Fsp3) is 0.158. The van der Waals surface area contributed by atoms with E-state index in [1.54, 1.807) is 13.3 Å². The second kappa shape index (κ2) is 8.22. The molecule has 0 saturated carbocycles. The van der Waals surface area contributed by atoms with Gasteiger partial charge in [-0.1, -0.05) is 0 Å². The van der Waals surface area contributed by atoms with E-state index in [9.17, 15) is 5.26 Å². The summed E-state index contributed by atoms with van der Waals surface area (Å²) in [6.45, 7) is 2.57. The molecule has 128 valence electrons. The lowest BCUT2D eigenvalue weighted by atomic mass is 10.1. The van der Waals surface area contributed by atoms with E-state index in [0.29, 0.717) is 23.6 Å². The number of anilines is 2. The minimum absolute atomic E-state index is 0. The number of halogens is 1. The number of nitrogens with zero attached hydrogens (tertiary/aromatic N) is 2. The average Bonchev–Trinajstić information content (AvgIpc) is 2.63. The normalized spacial score (nSPS) is 9.80. The Hall–Kier alpha value is -2.97. The smallest absolute Gasteiger partial charge is 0.119 e. The summed E-state index contributed by atoms with van der Waals surface area (Å²) in [6, 6.07) is 15.4. The molecule has 3 rings (SSSR count). The van der Waals surface area contributed by atoms with E-state index < -0.39 is 0 Å². The van der Waals surface area contributed by atoms with Gasteiger partial charge in [0, 0.05) is 17.3 Å². The van der Waals surface area contributed by atoms with Crippen LogP contribution in [0.5, 0.6) is 11.5 Å². The van der Waals surface area contributed by atoms with Crippen LogP contribution in [-0.2, 0) is 0 Å². The zero-order chi connectivity index (χ0) is 16.9. The first-order valence-electron chi connectivity index (χ1n) is 7.62. The molecule has 1 N–H and O–H groups in total. The molecule has 0 fully saturated rings. The summed E-state index contributed by atoms with van der Waals surface area (Å²) in [7, 11) is 1.61. The summed E-state index contributed by atoms with van der Waals surface area (Å²) in [5.74, 6) is 1.53. The molecule has 0 atom stereocenters. The van der Waals surface area contributed by atoms with Crippen LogP contribution >= 0.6 is 12.4 Å². The van der Waals surface area contributed by atoms with Crippen LogP contribution in [0.1, 0.15) is 12.5 Å². The number of methoxy groups -OCH3 is 1. The molecule has 3 aromatic rings. The zero-order valence-electron chi connectivity index (χ0n) is 13.9. The van der Waals surface area contributed by atoms with E-state index in [2.05, 4.69) is 16.4 Å². The first kappa shape index (κ1) is 18.4. The van der Waals surface area contributed by atoms with Crippen LogP contribution in [0.2, 0.25) is 0 Å². The van der Waals surface area contributed by atoms with Gasteiger partial charge < -0.3 is 14.8 Å². The lowest BCUT2D eigenvalue weighted by Crippen LogP contribution is -1.98. The molecule has 0 aliphatic heterocycles. The molecule has 0 radical (unpaired) electrons. The van der Waals surface area contributed by atoms with E-state index in [-0.39, 0.29) is 12.4 Å². The van der Waals surface area contributed by atoms with Crippen molar-refractivity contribution in [2.45, 2.75) is 6.92 Å². The number of hydrogen-bond donors (Lipinski definition) is 1. The molecule has 1 aromatic heterocycles. The molecule has 5 nitrogen and oxygen atoms in total. The topological polar surface area (TPSA) is 67.2 Å². The molecule has 0 aliphatic carbocycles. The summed E-state index contributed by atoms with van der Waals surface area (Å²) in [4.78, 5) is 4.33. The number of pyridine rings is 1.